The molecule has 0 aromatic heterocycles. The number of fused-ring (bicyclic) bond motifs is 3. The normalized spacial score (nSPS) is 30.7. The van der Waals surface area contributed by atoms with Crippen molar-refractivity contribution < 1.29 is 14.3 Å². The van der Waals surface area contributed by atoms with Crippen LogP contribution in [0.1, 0.15) is 37.7 Å². The third-order valence-corrected chi connectivity index (χ3v) is 6.72. The summed E-state index contributed by atoms with van der Waals surface area (Å²) in [6.45, 7) is 3.62. The first-order valence-electron chi connectivity index (χ1n) is 10.3. The summed E-state index contributed by atoms with van der Waals surface area (Å²) in [5.41, 5.74) is 2.16. The Bertz CT molecular complexity index is 746. The summed E-state index contributed by atoms with van der Waals surface area (Å²) in [4.78, 5) is 31.7. The lowest BCUT2D eigenvalue weighted by molar-refractivity contribution is -0.128. The van der Waals surface area contributed by atoms with Crippen LogP contribution in [0.15, 0.2) is 24.3 Å². The molecule has 1 saturated carbocycles. The summed E-state index contributed by atoms with van der Waals surface area (Å²) in [6.07, 6.45) is 5.50. The predicted octanol–water partition coefficient (Wildman–Crippen LogP) is 2.62. The van der Waals surface area contributed by atoms with Gasteiger partial charge in [-0.25, -0.2) is 4.79 Å². The van der Waals surface area contributed by atoms with Crippen LogP contribution in [-0.4, -0.2) is 60.1 Å². The lowest BCUT2D eigenvalue weighted by atomic mass is 9.84. The van der Waals surface area contributed by atoms with Gasteiger partial charge in [0.05, 0.1) is 19.8 Å². The molecule has 0 radical (unpaired) electrons. The zero-order valence-corrected chi connectivity index (χ0v) is 15.7. The number of hydrogen-bond acceptors (Lipinski definition) is 4. The van der Waals surface area contributed by atoms with Crippen LogP contribution >= 0.6 is 0 Å². The van der Waals surface area contributed by atoms with Gasteiger partial charge in [0.1, 0.15) is 6.04 Å². The number of hydrogen-bond donors (Lipinski definition) is 0. The van der Waals surface area contributed by atoms with Gasteiger partial charge >= 0.3 is 6.03 Å². The third-order valence-electron chi connectivity index (χ3n) is 6.72. The van der Waals surface area contributed by atoms with Crippen LogP contribution in [0.25, 0.3) is 0 Å². The van der Waals surface area contributed by atoms with Gasteiger partial charge in [0, 0.05) is 24.8 Å². The van der Waals surface area contributed by atoms with Gasteiger partial charge in [0.15, 0.2) is 0 Å². The number of rotatable bonds is 3. The van der Waals surface area contributed by atoms with E-state index in [1.165, 1.54) is 24.2 Å². The molecule has 3 heterocycles. The molecule has 144 valence electrons. The van der Waals surface area contributed by atoms with E-state index in [0.717, 1.165) is 50.4 Å². The molecule has 1 aliphatic carbocycles. The van der Waals surface area contributed by atoms with Crippen molar-refractivity contribution in [2.24, 2.45) is 5.92 Å². The van der Waals surface area contributed by atoms with Gasteiger partial charge in [-0.2, -0.15) is 0 Å². The number of imide groups is 1. The SMILES string of the molecule is O=C1C2CC3CCCCC3N2C(=O)N1Cc1cccc(N2CCOCC2)c1. The Balaban J connectivity index is 1.33. The standard InChI is InChI=1S/C21H27N3O3/c25-20-19-13-16-5-1-2-7-18(16)24(19)21(26)23(20)14-15-4-3-6-17(12-15)22-8-10-27-11-9-22/h3-4,6,12,16,18-19H,1-2,5,7-11,13-14H2. The second kappa shape index (κ2) is 6.82. The molecular formula is C21H27N3O3. The molecule has 4 aliphatic rings. The number of benzene rings is 1. The van der Waals surface area contributed by atoms with Crippen LogP contribution in [0.3, 0.4) is 0 Å². The fourth-order valence-electron chi connectivity index (χ4n) is 5.37. The Morgan fingerprint density at radius 1 is 1.07 bits per heavy atom. The molecule has 6 nitrogen and oxygen atoms in total. The topological polar surface area (TPSA) is 53.1 Å². The summed E-state index contributed by atoms with van der Waals surface area (Å²) in [5.74, 6) is 0.537. The first kappa shape index (κ1) is 17.0. The number of nitrogens with zero attached hydrogens (tertiary/aromatic N) is 3. The van der Waals surface area contributed by atoms with Gasteiger partial charge in [-0.1, -0.05) is 25.0 Å². The molecule has 4 fully saturated rings. The number of amides is 3. The maximum Gasteiger partial charge on any atom is 0.328 e. The van der Waals surface area contributed by atoms with Crippen molar-refractivity contribution in [3.8, 4) is 0 Å². The maximum atomic E-state index is 13.0. The zero-order valence-electron chi connectivity index (χ0n) is 15.7. The van der Waals surface area contributed by atoms with Crippen molar-refractivity contribution in [2.75, 3.05) is 31.2 Å². The van der Waals surface area contributed by atoms with Crippen LogP contribution < -0.4 is 4.90 Å². The molecule has 3 saturated heterocycles. The van der Waals surface area contributed by atoms with Crippen LogP contribution in [-0.2, 0) is 16.1 Å². The van der Waals surface area contributed by atoms with E-state index in [0.29, 0.717) is 12.5 Å². The summed E-state index contributed by atoms with van der Waals surface area (Å²) >= 11 is 0. The Morgan fingerprint density at radius 3 is 2.74 bits per heavy atom. The highest BCUT2D eigenvalue weighted by atomic mass is 16.5. The highest BCUT2D eigenvalue weighted by Gasteiger charge is 2.55. The van der Waals surface area contributed by atoms with Gasteiger partial charge < -0.3 is 14.5 Å². The molecule has 5 rings (SSSR count). The van der Waals surface area contributed by atoms with Crippen LogP contribution in [0.5, 0.6) is 0 Å². The Morgan fingerprint density at radius 2 is 1.89 bits per heavy atom. The van der Waals surface area contributed by atoms with Gasteiger partial charge in [-0.3, -0.25) is 9.69 Å². The highest BCUT2D eigenvalue weighted by molar-refractivity contribution is 6.04. The van der Waals surface area contributed by atoms with Crippen LogP contribution in [0.4, 0.5) is 10.5 Å². The van der Waals surface area contributed by atoms with Crippen molar-refractivity contribution in [1.82, 2.24) is 9.80 Å². The van der Waals surface area contributed by atoms with Crippen molar-refractivity contribution in [3.05, 3.63) is 29.8 Å². The van der Waals surface area contributed by atoms with E-state index in [2.05, 4.69) is 17.0 Å². The number of urea groups is 1. The van der Waals surface area contributed by atoms with Crippen molar-refractivity contribution in [3.63, 3.8) is 0 Å². The first-order valence-corrected chi connectivity index (χ1v) is 10.3. The largest absolute Gasteiger partial charge is 0.378 e. The highest BCUT2D eigenvalue weighted by Crippen LogP contribution is 2.43. The Kier molecular flexibility index (Phi) is 4.31. The van der Waals surface area contributed by atoms with Crippen LogP contribution in [0.2, 0.25) is 0 Å². The fraction of sp³-hybridized carbons (Fsp3) is 0.619. The Labute approximate surface area is 160 Å². The molecule has 3 aliphatic heterocycles. The minimum Gasteiger partial charge on any atom is -0.378 e. The monoisotopic (exact) mass is 369 g/mol. The van der Waals surface area contributed by atoms with Crippen LogP contribution in [0, 0.1) is 5.92 Å². The average molecular weight is 369 g/mol. The fourth-order valence-corrected chi connectivity index (χ4v) is 5.37. The van der Waals surface area contributed by atoms with Gasteiger partial charge in [-0.05, 0) is 42.9 Å². The molecular weight excluding hydrogens is 342 g/mol. The van der Waals surface area contributed by atoms with Gasteiger partial charge in [-0.15, -0.1) is 0 Å². The molecule has 3 amide bonds. The molecule has 3 atom stereocenters. The van der Waals surface area contributed by atoms with E-state index in [4.69, 9.17) is 4.74 Å². The van der Waals surface area contributed by atoms with Crippen molar-refractivity contribution in [1.29, 1.82) is 0 Å². The Hall–Kier alpha value is -2.08. The maximum absolute atomic E-state index is 13.0. The van der Waals surface area contributed by atoms with E-state index in [1.807, 2.05) is 17.0 Å². The van der Waals surface area contributed by atoms with E-state index in [9.17, 15) is 9.59 Å². The van der Waals surface area contributed by atoms with Gasteiger partial charge in [0.2, 0.25) is 0 Å². The quantitative estimate of drug-likeness (QED) is 0.769. The van der Waals surface area contributed by atoms with Gasteiger partial charge in [0.25, 0.3) is 5.91 Å². The lowest BCUT2D eigenvalue weighted by Crippen LogP contribution is -2.41. The van der Waals surface area contributed by atoms with E-state index >= 15 is 0 Å². The molecule has 6 heteroatoms. The number of morpholine rings is 1. The zero-order chi connectivity index (χ0) is 18.4. The number of carbonyl (C=O) groups is 2. The second-order valence-corrected chi connectivity index (χ2v) is 8.25. The number of carbonyl (C=O) groups excluding carboxylic acids is 2. The smallest absolute Gasteiger partial charge is 0.328 e. The first-order chi connectivity index (χ1) is 13.2. The number of ether oxygens (including phenoxy) is 1. The molecule has 1 aromatic carbocycles. The van der Waals surface area contributed by atoms with Crippen molar-refractivity contribution >= 4 is 17.6 Å². The minimum absolute atomic E-state index is 0.00572. The number of anilines is 1. The summed E-state index contributed by atoms with van der Waals surface area (Å²) in [7, 11) is 0. The molecule has 0 spiro atoms. The third kappa shape index (κ3) is 2.90. The van der Waals surface area contributed by atoms with E-state index in [1.54, 1.807) is 0 Å². The second-order valence-electron chi connectivity index (χ2n) is 8.25. The molecule has 0 N–H and O–H groups in total. The summed E-state index contributed by atoms with van der Waals surface area (Å²) in [6, 6.07) is 8.22. The summed E-state index contributed by atoms with van der Waals surface area (Å²) < 4.78 is 5.43. The van der Waals surface area contributed by atoms with Crippen molar-refractivity contribution in [2.45, 2.75) is 50.7 Å². The predicted molar refractivity (Wildman–Crippen MR) is 101 cm³/mol. The lowest BCUT2D eigenvalue weighted by Gasteiger charge is -2.31. The molecule has 0 bridgehead atoms. The average Bonchev–Trinajstić information content (AvgIpc) is 3.21. The molecule has 27 heavy (non-hydrogen) atoms. The molecule has 3 unspecified atom stereocenters. The summed E-state index contributed by atoms with van der Waals surface area (Å²) in [5, 5.41) is 0. The van der Waals surface area contributed by atoms with E-state index in [-0.39, 0.29) is 24.0 Å². The van der Waals surface area contributed by atoms with E-state index < -0.39 is 0 Å². The minimum atomic E-state index is -0.215. The molecule has 1 aromatic rings.